The Labute approximate surface area is 605 Å². The minimum Gasteiger partial charge on any atom is -0.458 e. The molecule has 0 aromatic rings. The molecule has 15 nitrogen and oxygen atoms in total. The first kappa shape index (κ1) is 81.0. The van der Waals surface area contributed by atoms with Gasteiger partial charge in [-0.15, -0.1) is 0 Å². The van der Waals surface area contributed by atoms with Gasteiger partial charge in [-0.2, -0.15) is 35.3 Å². The molecule has 98 heavy (non-hydrogen) atoms. The first-order chi connectivity index (χ1) is 46.5. The number of Topliss-reactive ketones (excluding diaryl/α,β-unsaturated/α-hetero) is 2. The van der Waals surface area contributed by atoms with E-state index in [4.69, 9.17) is 4.74 Å². The average Bonchev–Trinajstić information content (AvgIpc) is 1.16. The van der Waals surface area contributed by atoms with Crippen LogP contribution >= 0.6 is 35.3 Å². The van der Waals surface area contributed by atoms with Crippen molar-refractivity contribution in [2.24, 2.45) is 87.8 Å². The summed E-state index contributed by atoms with van der Waals surface area (Å²) >= 11 is 6.15. The van der Waals surface area contributed by atoms with Crippen molar-refractivity contribution >= 4 is 76.5 Å². The standard InChI is InChI=1S/C26H40O4.C14H23NO2S.C14H25NO2.C13H24N2OS.C13H23NOS/c1-15(2)16-7-9-24(3)18(11-16)5-6-20-21(24)13-22(27)25(4)19(8-10-26(20,25)29)17-12-23(28)30-14-17;1-9(2)11(16)5-3-4-6-12-14-10(8-18-12)7-13(17)15-14;1-10(2)13(16)8-6-4-5-7-12-11(3)9-14(17)15-12;1-9(2)14-6-4-3-5-11-13-10(8-17-11)7-12(16)15-13;1-9(2)5-3-4-6-11-13-10(8-16-11)7-12(15)14-13/h12,15-16,18-22,27,29H,5-11,13-14H2,1-4H3;9-10,12,14H,3-8H2,1-2H3,(H,15,17);10-12H,4-9H2,1-3H3,(H,15,17);9-11,13-14H,3-8H2,1-2H3,(H,15,16);9-11,13H,3-8H2,1-2H3,(H,14,15)/t16?,18-,19-,20-,21+,22-,24+,25+,26+;10-,12-,14-;11-,12-;2*10-,11-,13-/m10100/s1. The van der Waals surface area contributed by atoms with Crippen LogP contribution in [0.15, 0.2) is 11.6 Å². The molecule has 558 valence electrons. The first-order valence-electron chi connectivity index (χ1n) is 39.6. The molecule has 4 aliphatic carbocycles. The normalized spacial score (nSPS) is 37.0. The molecule has 0 radical (unpaired) electrons. The summed E-state index contributed by atoms with van der Waals surface area (Å²) in [4.78, 5) is 79.7. The van der Waals surface area contributed by atoms with Crippen LogP contribution < -0.4 is 26.6 Å². The lowest BCUT2D eigenvalue weighted by atomic mass is 9.42. The first-order valence-corrected chi connectivity index (χ1v) is 42.8. The summed E-state index contributed by atoms with van der Waals surface area (Å²) in [5.74, 6) is 11.4. The average molecular weight is 1420 g/mol. The van der Waals surface area contributed by atoms with E-state index in [-0.39, 0.29) is 58.7 Å². The molecule has 0 aromatic carbocycles. The molecular formula is C80H135N5O10S3. The second-order valence-corrected chi connectivity index (χ2v) is 38.5. The lowest BCUT2D eigenvalue weighted by Crippen LogP contribution is -2.66. The van der Waals surface area contributed by atoms with E-state index >= 15 is 0 Å². The Balaban J connectivity index is 0.000000161. The number of hydrogen-bond acceptors (Lipinski definition) is 14. The van der Waals surface area contributed by atoms with Crippen molar-refractivity contribution in [3.8, 4) is 0 Å². The number of nitrogens with one attached hydrogen (secondary N) is 5. The van der Waals surface area contributed by atoms with Gasteiger partial charge in [0.05, 0.1) is 11.7 Å². The fourth-order valence-electron chi connectivity index (χ4n) is 19.8. The van der Waals surface area contributed by atoms with Crippen LogP contribution in [0.1, 0.15) is 270 Å². The minimum atomic E-state index is -0.852. The van der Waals surface area contributed by atoms with Gasteiger partial charge >= 0.3 is 5.97 Å². The quantitative estimate of drug-likeness (QED) is 0.0316. The van der Waals surface area contributed by atoms with Gasteiger partial charge in [0.25, 0.3) is 0 Å². The summed E-state index contributed by atoms with van der Waals surface area (Å²) in [5.41, 5.74) is -0.231. The zero-order valence-electron chi connectivity index (χ0n) is 63.0. The number of ketones is 2. The van der Waals surface area contributed by atoms with Gasteiger partial charge in [-0.25, -0.2) is 4.79 Å². The predicted octanol–water partition coefficient (Wildman–Crippen LogP) is 14.2. The topological polar surface area (TPSA) is 229 Å². The number of cyclic esters (lactones) is 1. The van der Waals surface area contributed by atoms with Crippen LogP contribution in [-0.4, -0.2) is 139 Å². The monoisotopic (exact) mass is 1420 g/mol. The van der Waals surface area contributed by atoms with E-state index in [0.717, 1.165) is 138 Å². The zero-order chi connectivity index (χ0) is 71.2. The lowest BCUT2D eigenvalue weighted by molar-refractivity contribution is -0.244. The molecule has 20 atom stereocenters. The van der Waals surface area contributed by atoms with Gasteiger partial charge in [-0.3, -0.25) is 28.8 Å². The highest BCUT2D eigenvalue weighted by molar-refractivity contribution is 8.00. The van der Waals surface area contributed by atoms with E-state index < -0.39 is 17.1 Å². The number of rotatable bonds is 26. The van der Waals surface area contributed by atoms with Crippen molar-refractivity contribution < 1.29 is 48.5 Å². The SMILES string of the molecule is CC(C)C(=O)CCCCC[C@H]1NC(=O)C[C@H]1C.CC(C)C(=O)CCCC[C@@H]1SC[C@@H]2CC(=O)N[C@@H]21.CC(C)C1CC[C@@]2(C)[C@H](CC[C@@H]3[C@@H]2C[C@@H](O)[C@]2(C)[C@@H](C4=CC(=O)OC4)CC[C@]32O)C1.CC(C)CCCC[C@@H]1SC[C@@H]2CC(=O)N[C@@H]21.CC(C)NCCCC[C@@H]1SC[C@@H]2CC(=O)N[C@@H]21. The molecule has 7 N–H and O–H groups in total. The van der Waals surface area contributed by atoms with Gasteiger partial charge in [0, 0.05) is 108 Å². The summed E-state index contributed by atoms with van der Waals surface area (Å²) in [5, 5.41) is 41.7. The van der Waals surface area contributed by atoms with Crippen LogP contribution in [0.4, 0.5) is 0 Å². The van der Waals surface area contributed by atoms with Crippen LogP contribution in [-0.2, 0) is 38.3 Å². The molecular weight excluding hydrogens is 1290 g/mol. The molecule has 11 fully saturated rings. The Morgan fingerprint density at radius 1 is 0.602 bits per heavy atom. The zero-order valence-corrected chi connectivity index (χ0v) is 65.4. The van der Waals surface area contributed by atoms with Crippen molar-refractivity contribution in [2.45, 2.75) is 327 Å². The van der Waals surface area contributed by atoms with Gasteiger partial charge in [-0.05, 0) is 196 Å². The maximum absolute atomic E-state index is 12.3. The van der Waals surface area contributed by atoms with Gasteiger partial charge < -0.3 is 41.5 Å². The third-order valence-electron chi connectivity index (χ3n) is 26.1. The number of ether oxygens (including phenoxy) is 1. The molecule has 12 aliphatic rings. The van der Waals surface area contributed by atoms with E-state index in [9.17, 15) is 43.8 Å². The van der Waals surface area contributed by atoms with Crippen molar-refractivity contribution in [1.29, 1.82) is 0 Å². The number of aliphatic hydroxyl groups is 2. The predicted molar refractivity (Wildman–Crippen MR) is 402 cm³/mol. The summed E-state index contributed by atoms with van der Waals surface area (Å²) < 4.78 is 5.20. The molecule has 18 heteroatoms. The second kappa shape index (κ2) is 37.4. The van der Waals surface area contributed by atoms with E-state index in [1.54, 1.807) is 6.08 Å². The van der Waals surface area contributed by atoms with E-state index in [0.29, 0.717) is 107 Å². The number of unbranched alkanes of at least 4 members (excludes halogenated alkanes) is 5. The Morgan fingerprint density at radius 2 is 1.11 bits per heavy atom. The van der Waals surface area contributed by atoms with Crippen LogP contribution in [0.3, 0.4) is 0 Å². The largest absolute Gasteiger partial charge is 0.458 e. The number of amides is 4. The molecule has 0 spiro atoms. The van der Waals surface area contributed by atoms with E-state index in [2.05, 4.69) is 112 Å². The lowest BCUT2D eigenvalue weighted by Gasteiger charge is -2.65. The fraction of sp³-hybridized carbons (Fsp3) is 0.887. The fourth-order valence-corrected chi connectivity index (χ4v) is 24.7. The summed E-state index contributed by atoms with van der Waals surface area (Å²) in [7, 11) is 0. The minimum absolute atomic E-state index is 0.0344. The van der Waals surface area contributed by atoms with Crippen molar-refractivity contribution in [1.82, 2.24) is 26.6 Å². The Morgan fingerprint density at radius 3 is 1.59 bits per heavy atom. The maximum Gasteiger partial charge on any atom is 0.331 e. The van der Waals surface area contributed by atoms with Crippen LogP contribution in [0.25, 0.3) is 0 Å². The second-order valence-electron chi connectivity index (χ2n) is 34.7. The molecule has 12 rings (SSSR count). The number of hydrogen-bond donors (Lipinski definition) is 7. The third-order valence-corrected chi connectivity index (χ3v) is 30.8. The summed E-state index contributed by atoms with van der Waals surface area (Å²) in [6.45, 7) is 29.7. The molecule has 7 saturated heterocycles. The smallest absolute Gasteiger partial charge is 0.331 e. The van der Waals surface area contributed by atoms with Gasteiger partial charge in [0.2, 0.25) is 23.6 Å². The van der Waals surface area contributed by atoms with Crippen LogP contribution in [0.2, 0.25) is 0 Å². The van der Waals surface area contributed by atoms with Gasteiger partial charge in [0.1, 0.15) is 18.2 Å². The van der Waals surface area contributed by atoms with Gasteiger partial charge in [0.15, 0.2) is 0 Å². The number of aliphatic hydroxyl groups excluding tert-OH is 1. The maximum atomic E-state index is 12.3. The Kier molecular flexibility index (Phi) is 30.9. The summed E-state index contributed by atoms with van der Waals surface area (Å²) in [6.07, 6.45) is 30.5. The number of esters is 1. The van der Waals surface area contributed by atoms with E-state index in [1.807, 2.05) is 39.5 Å². The molecule has 0 bridgehead atoms. The van der Waals surface area contributed by atoms with E-state index in [1.165, 1.54) is 82.1 Å². The Bertz CT molecular complexity index is 2670. The number of carbonyl (C=O) groups is 7. The van der Waals surface area contributed by atoms with Gasteiger partial charge in [-0.1, -0.05) is 135 Å². The molecule has 8 aliphatic heterocycles. The van der Waals surface area contributed by atoms with Crippen molar-refractivity contribution in [3.05, 3.63) is 11.6 Å². The van der Waals surface area contributed by atoms with Crippen LogP contribution in [0.5, 0.6) is 0 Å². The van der Waals surface area contributed by atoms with Crippen LogP contribution in [0, 0.1) is 87.8 Å². The van der Waals surface area contributed by atoms with Crippen molar-refractivity contribution in [3.63, 3.8) is 0 Å². The highest BCUT2D eigenvalue weighted by Crippen LogP contribution is 2.70. The van der Waals surface area contributed by atoms with Crippen molar-refractivity contribution in [2.75, 3.05) is 30.4 Å². The summed E-state index contributed by atoms with van der Waals surface area (Å²) in [6, 6.07) is 2.34. The number of thioether (sulfide) groups is 3. The molecule has 4 saturated carbocycles. The number of fused-ring (bicyclic) bond motifs is 8. The highest BCUT2D eigenvalue weighted by Gasteiger charge is 2.71. The number of carbonyl (C=O) groups excluding carboxylic acids is 7. The highest BCUT2D eigenvalue weighted by atomic mass is 32.2. The molecule has 1 unspecified atom stereocenters. The molecule has 0 aromatic heterocycles. The molecule has 8 heterocycles. The Hall–Kier alpha value is -2.64. The third kappa shape index (κ3) is 20.9. The molecule has 4 amide bonds.